The van der Waals surface area contributed by atoms with Crippen LogP contribution in [0.1, 0.15) is 16.8 Å². The standard InChI is InChI=1S/C18H20ClN3O3/c1-25-11-5-10-20-17(23)15-8-2-3-9-16(15)22-18(24)21-14-7-4-6-13(19)12-14/h2-4,6-9,12H,5,10-11H2,1H3,(H,20,23)(H2,21,22,24). The Hall–Kier alpha value is -2.57. The highest BCUT2D eigenvalue weighted by atomic mass is 35.5. The van der Waals surface area contributed by atoms with Crippen LogP contribution in [0, 0.1) is 0 Å². The summed E-state index contributed by atoms with van der Waals surface area (Å²) in [5.74, 6) is -0.255. The van der Waals surface area contributed by atoms with Crippen LogP contribution in [0.2, 0.25) is 5.02 Å². The van der Waals surface area contributed by atoms with Crippen LogP contribution in [0.3, 0.4) is 0 Å². The third-order valence-corrected chi connectivity index (χ3v) is 3.55. The van der Waals surface area contributed by atoms with Crippen molar-refractivity contribution in [3.63, 3.8) is 0 Å². The highest BCUT2D eigenvalue weighted by molar-refractivity contribution is 6.30. The molecular weight excluding hydrogens is 342 g/mol. The van der Waals surface area contributed by atoms with E-state index in [1.165, 1.54) is 0 Å². The van der Waals surface area contributed by atoms with Gasteiger partial charge in [0.2, 0.25) is 0 Å². The van der Waals surface area contributed by atoms with E-state index in [1.54, 1.807) is 55.6 Å². The van der Waals surface area contributed by atoms with Gasteiger partial charge in [-0.25, -0.2) is 4.79 Å². The molecule has 0 heterocycles. The number of methoxy groups -OCH3 is 1. The van der Waals surface area contributed by atoms with Gasteiger partial charge in [-0.3, -0.25) is 4.79 Å². The average Bonchev–Trinajstić information content (AvgIpc) is 2.59. The number of urea groups is 1. The van der Waals surface area contributed by atoms with Gasteiger partial charge in [-0.15, -0.1) is 0 Å². The fourth-order valence-corrected chi connectivity index (χ4v) is 2.34. The Morgan fingerprint density at radius 1 is 1.08 bits per heavy atom. The maximum absolute atomic E-state index is 12.3. The van der Waals surface area contributed by atoms with E-state index < -0.39 is 6.03 Å². The summed E-state index contributed by atoms with van der Waals surface area (Å²) in [6.07, 6.45) is 0.715. The first-order valence-corrected chi connectivity index (χ1v) is 8.17. The molecule has 0 atom stereocenters. The van der Waals surface area contributed by atoms with Crippen molar-refractivity contribution in [3.05, 3.63) is 59.1 Å². The number of benzene rings is 2. The van der Waals surface area contributed by atoms with Gasteiger partial charge in [-0.2, -0.15) is 0 Å². The summed E-state index contributed by atoms with van der Waals surface area (Å²) in [5, 5.41) is 8.68. The fourth-order valence-electron chi connectivity index (χ4n) is 2.15. The Morgan fingerprint density at radius 3 is 2.64 bits per heavy atom. The summed E-state index contributed by atoms with van der Waals surface area (Å²) < 4.78 is 4.94. The highest BCUT2D eigenvalue weighted by Crippen LogP contribution is 2.17. The molecule has 0 saturated carbocycles. The van der Waals surface area contributed by atoms with E-state index in [0.29, 0.717) is 41.5 Å². The normalized spacial score (nSPS) is 10.2. The van der Waals surface area contributed by atoms with Gasteiger partial charge >= 0.3 is 6.03 Å². The first-order chi connectivity index (χ1) is 12.1. The summed E-state index contributed by atoms with van der Waals surface area (Å²) in [7, 11) is 1.61. The Balaban J connectivity index is 1.99. The molecule has 0 bridgehead atoms. The number of hydrogen-bond donors (Lipinski definition) is 3. The number of carbonyl (C=O) groups excluding carboxylic acids is 2. The van der Waals surface area contributed by atoms with Crippen molar-refractivity contribution in [2.45, 2.75) is 6.42 Å². The van der Waals surface area contributed by atoms with Crippen LogP contribution in [0.5, 0.6) is 0 Å². The average molecular weight is 362 g/mol. The van der Waals surface area contributed by atoms with E-state index in [0.717, 1.165) is 0 Å². The minimum atomic E-state index is -0.457. The molecule has 0 aromatic heterocycles. The van der Waals surface area contributed by atoms with Gasteiger partial charge in [0.05, 0.1) is 11.3 Å². The van der Waals surface area contributed by atoms with Crippen molar-refractivity contribution in [1.82, 2.24) is 5.32 Å². The Labute approximate surface area is 151 Å². The van der Waals surface area contributed by atoms with Crippen molar-refractivity contribution < 1.29 is 14.3 Å². The van der Waals surface area contributed by atoms with E-state index in [4.69, 9.17) is 16.3 Å². The van der Waals surface area contributed by atoms with Gasteiger partial charge in [0, 0.05) is 31.0 Å². The van der Waals surface area contributed by atoms with Crippen molar-refractivity contribution in [2.24, 2.45) is 0 Å². The molecule has 0 aliphatic rings. The van der Waals surface area contributed by atoms with Crippen LogP contribution in [0.4, 0.5) is 16.2 Å². The number of halogens is 1. The quantitative estimate of drug-likeness (QED) is 0.657. The predicted molar refractivity (Wildman–Crippen MR) is 99.4 cm³/mol. The molecule has 7 heteroatoms. The number of para-hydroxylation sites is 1. The van der Waals surface area contributed by atoms with E-state index in [-0.39, 0.29) is 5.91 Å². The van der Waals surface area contributed by atoms with Gasteiger partial charge in [-0.05, 0) is 36.8 Å². The smallest absolute Gasteiger partial charge is 0.323 e. The zero-order valence-electron chi connectivity index (χ0n) is 13.8. The predicted octanol–water partition coefficient (Wildman–Crippen LogP) is 3.75. The molecule has 2 rings (SSSR count). The summed E-state index contributed by atoms with van der Waals surface area (Å²) in [4.78, 5) is 24.4. The number of nitrogens with one attached hydrogen (secondary N) is 3. The molecular formula is C18H20ClN3O3. The van der Waals surface area contributed by atoms with Crippen molar-refractivity contribution in [3.8, 4) is 0 Å². The van der Waals surface area contributed by atoms with Crippen molar-refractivity contribution in [2.75, 3.05) is 30.9 Å². The van der Waals surface area contributed by atoms with Gasteiger partial charge in [0.1, 0.15) is 0 Å². The first kappa shape index (κ1) is 18.8. The number of carbonyl (C=O) groups is 2. The zero-order valence-corrected chi connectivity index (χ0v) is 14.6. The molecule has 132 valence electrons. The molecule has 25 heavy (non-hydrogen) atoms. The molecule has 0 fully saturated rings. The number of hydrogen-bond acceptors (Lipinski definition) is 3. The minimum absolute atomic E-state index is 0.255. The molecule has 0 aliphatic heterocycles. The highest BCUT2D eigenvalue weighted by Gasteiger charge is 2.12. The molecule has 0 spiro atoms. The molecule has 0 aliphatic carbocycles. The zero-order chi connectivity index (χ0) is 18.1. The lowest BCUT2D eigenvalue weighted by Crippen LogP contribution is -2.27. The van der Waals surface area contributed by atoms with E-state index in [1.807, 2.05) is 0 Å². The summed E-state index contributed by atoms with van der Waals surface area (Å²) in [5.41, 5.74) is 1.37. The number of ether oxygens (including phenoxy) is 1. The van der Waals surface area contributed by atoms with Crippen molar-refractivity contribution >= 4 is 34.9 Å². The van der Waals surface area contributed by atoms with Crippen LogP contribution >= 0.6 is 11.6 Å². The van der Waals surface area contributed by atoms with Crippen LogP contribution in [-0.2, 0) is 4.74 Å². The fraction of sp³-hybridized carbons (Fsp3) is 0.222. The van der Waals surface area contributed by atoms with E-state index in [2.05, 4.69) is 16.0 Å². The molecule has 3 N–H and O–H groups in total. The maximum atomic E-state index is 12.3. The van der Waals surface area contributed by atoms with Crippen LogP contribution < -0.4 is 16.0 Å². The molecule has 0 saturated heterocycles. The van der Waals surface area contributed by atoms with E-state index in [9.17, 15) is 9.59 Å². The second-order valence-corrected chi connectivity index (χ2v) is 5.67. The van der Waals surface area contributed by atoms with Crippen LogP contribution in [-0.4, -0.2) is 32.2 Å². The molecule has 6 nitrogen and oxygen atoms in total. The lowest BCUT2D eigenvalue weighted by atomic mass is 10.1. The topological polar surface area (TPSA) is 79.5 Å². The molecule has 2 aromatic carbocycles. The lowest BCUT2D eigenvalue weighted by Gasteiger charge is -2.12. The Kier molecular flexibility index (Phi) is 7.25. The Bertz CT molecular complexity index is 737. The number of anilines is 2. The second-order valence-electron chi connectivity index (χ2n) is 5.24. The van der Waals surface area contributed by atoms with Crippen LogP contribution in [0.15, 0.2) is 48.5 Å². The second kappa shape index (κ2) is 9.66. The minimum Gasteiger partial charge on any atom is -0.385 e. The molecule has 0 radical (unpaired) electrons. The largest absolute Gasteiger partial charge is 0.385 e. The van der Waals surface area contributed by atoms with Gasteiger partial charge in [0.25, 0.3) is 5.91 Å². The first-order valence-electron chi connectivity index (χ1n) is 7.80. The lowest BCUT2D eigenvalue weighted by molar-refractivity contribution is 0.0949. The summed E-state index contributed by atoms with van der Waals surface area (Å²) in [6, 6.07) is 13.2. The van der Waals surface area contributed by atoms with Gasteiger partial charge in [0.15, 0.2) is 0 Å². The maximum Gasteiger partial charge on any atom is 0.323 e. The monoisotopic (exact) mass is 361 g/mol. The third-order valence-electron chi connectivity index (χ3n) is 3.31. The molecule has 3 amide bonds. The van der Waals surface area contributed by atoms with Crippen LogP contribution in [0.25, 0.3) is 0 Å². The summed E-state index contributed by atoms with van der Waals surface area (Å²) >= 11 is 5.89. The number of rotatable bonds is 7. The van der Waals surface area contributed by atoms with E-state index >= 15 is 0 Å². The van der Waals surface area contributed by atoms with Crippen molar-refractivity contribution in [1.29, 1.82) is 0 Å². The Morgan fingerprint density at radius 2 is 1.88 bits per heavy atom. The number of amides is 3. The molecule has 2 aromatic rings. The molecule has 0 unspecified atom stereocenters. The summed E-state index contributed by atoms with van der Waals surface area (Å²) in [6.45, 7) is 1.07. The van der Waals surface area contributed by atoms with Gasteiger partial charge in [-0.1, -0.05) is 29.8 Å². The third kappa shape index (κ3) is 6.10. The van der Waals surface area contributed by atoms with Gasteiger partial charge < -0.3 is 20.7 Å². The SMILES string of the molecule is COCCCNC(=O)c1ccccc1NC(=O)Nc1cccc(Cl)c1.